The largest absolute Gasteiger partial charge is 0.493 e. The number of ether oxygens (including phenoxy) is 2. The van der Waals surface area contributed by atoms with Crippen LogP contribution in [0.1, 0.15) is 10.9 Å². The summed E-state index contributed by atoms with van der Waals surface area (Å²) in [6.45, 7) is 0.256. The van der Waals surface area contributed by atoms with Gasteiger partial charge < -0.3 is 19.4 Å². The van der Waals surface area contributed by atoms with Crippen LogP contribution in [0.25, 0.3) is 10.9 Å². The quantitative estimate of drug-likeness (QED) is 0.714. The maximum Gasteiger partial charge on any atom is 0.328 e. The molecule has 0 aliphatic carbocycles. The van der Waals surface area contributed by atoms with Gasteiger partial charge >= 0.3 is 5.69 Å². The average Bonchev–Trinajstić information content (AvgIpc) is 3.14. The fraction of sp³-hybridized carbons (Fsp3) is 0.333. The summed E-state index contributed by atoms with van der Waals surface area (Å²) >= 11 is 1.60. The maximum absolute atomic E-state index is 13.0. The molecule has 0 aliphatic rings. The summed E-state index contributed by atoms with van der Waals surface area (Å²) in [6.07, 6.45) is 0. The standard InChI is InChI=1S/C18H21N3O4S/c1-20(2)13(16-6-5-7-26-16)10-21-17(22)11-8-14(24-3)15(25-4)9-12(11)19-18(21)23/h5-9,13H,10H2,1-4H3,(H,19,23). The number of H-pyrrole nitrogens is 1. The SMILES string of the molecule is COc1cc2[nH]c(=O)n(CC(c3cccs3)N(C)C)c(=O)c2cc1OC. The van der Waals surface area contributed by atoms with E-state index in [1.807, 2.05) is 36.5 Å². The van der Waals surface area contributed by atoms with Gasteiger partial charge in [-0.15, -0.1) is 11.3 Å². The fourth-order valence-corrected chi connectivity index (χ4v) is 3.82. The Labute approximate surface area is 154 Å². The number of hydrogen-bond acceptors (Lipinski definition) is 6. The van der Waals surface area contributed by atoms with E-state index in [1.54, 1.807) is 23.5 Å². The molecule has 7 nitrogen and oxygen atoms in total. The lowest BCUT2D eigenvalue weighted by atomic mass is 10.2. The summed E-state index contributed by atoms with van der Waals surface area (Å²) in [5.74, 6) is 0.899. The molecule has 0 spiro atoms. The highest BCUT2D eigenvalue weighted by molar-refractivity contribution is 7.10. The van der Waals surface area contributed by atoms with Gasteiger partial charge in [0.05, 0.1) is 37.7 Å². The van der Waals surface area contributed by atoms with Crippen molar-refractivity contribution in [3.05, 3.63) is 55.4 Å². The smallest absolute Gasteiger partial charge is 0.328 e. The van der Waals surface area contributed by atoms with E-state index in [0.29, 0.717) is 22.4 Å². The van der Waals surface area contributed by atoms with Gasteiger partial charge in [0.25, 0.3) is 5.56 Å². The average molecular weight is 375 g/mol. The van der Waals surface area contributed by atoms with Crippen LogP contribution in [0, 0.1) is 0 Å². The summed E-state index contributed by atoms with van der Waals surface area (Å²) in [6, 6.07) is 7.08. The lowest BCUT2D eigenvalue weighted by Gasteiger charge is -2.23. The third kappa shape index (κ3) is 3.25. The van der Waals surface area contributed by atoms with Gasteiger partial charge in [-0.2, -0.15) is 0 Å². The highest BCUT2D eigenvalue weighted by Crippen LogP contribution is 2.30. The number of aromatic nitrogens is 2. The van der Waals surface area contributed by atoms with Crippen LogP contribution in [0.3, 0.4) is 0 Å². The molecule has 0 saturated carbocycles. The second-order valence-electron chi connectivity index (χ2n) is 6.09. The van der Waals surface area contributed by atoms with Gasteiger partial charge in [0.15, 0.2) is 11.5 Å². The van der Waals surface area contributed by atoms with Crippen LogP contribution >= 0.6 is 11.3 Å². The van der Waals surface area contributed by atoms with E-state index in [1.165, 1.54) is 18.8 Å². The minimum Gasteiger partial charge on any atom is -0.493 e. The van der Waals surface area contributed by atoms with Crippen molar-refractivity contribution < 1.29 is 9.47 Å². The molecule has 0 bridgehead atoms. The van der Waals surface area contributed by atoms with Crippen LogP contribution in [0.15, 0.2) is 39.2 Å². The maximum atomic E-state index is 13.0. The van der Waals surface area contributed by atoms with E-state index in [-0.39, 0.29) is 18.1 Å². The zero-order valence-electron chi connectivity index (χ0n) is 15.1. The molecule has 2 heterocycles. The normalized spacial score (nSPS) is 12.5. The van der Waals surface area contributed by atoms with E-state index >= 15 is 0 Å². The third-order valence-electron chi connectivity index (χ3n) is 4.34. The first-order chi connectivity index (χ1) is 12.5. The van der Waals surface area contributed by atoms with Gasteiger partial charge in [-0.3, -0.25) is 9.36 Å². The molecule has 1 atom stereocenters. The molecule has 0 aliphatic heterocycles. The van der Waals surface area contributed by atoms with Crippen molar-refractivity contribution in [2.75, 3.05) is 28.3 Å². The number of hydrogen-bond donors (Lipinski definition) is 1. The van der Waals surface area contributed by atoms with Crippen LogP contribution in [0.4, 0.5) is 0 Å². The molecule has 2 aromatic heterocycles. The Bertz CT molecular complexity index is 1020. The molecule has 3 aromatic rings. The van der Waals surface area contributed by atoms with Crippen molar-refractivity contribution >= 4 is 22.2 Å². The number of nitrogens with zero attached hydrogens (tertiary/aromatic N) is 2. The van der Waals surface area contributed by atoms with Gasteiger partial charge in [0.2, 0.25) is 0 Å². The van der Waals surface area contributed by atoms with Gasteiger partial charge in [-0.25, -0.2) is 4.79 Å². The van der Waals surface area contributed by atoms with Gasteiger partial charge in [-0.1, -0.05) is 6.07 Å². The Hall–Kier alpha value is -2.58. The molecule has 3 rings (SSSR count). The molecule has 0 amide bonds. The second kappa shape index (κ2) is 7.35. The first-order valence-electron chi connectivity index (χ1n) is 8.05. The van der Waals surface area contributed by atoms with Gasteiger partial charge in [0.1, 0.15) is 0 Å². The van der Waals surface area contributed by atoms with Crippen molar-refractivity contribution in [1.82, 2.24) is 14.5 Å². The molecular weight excluding hydrogens is 354 g/mol. The molecule has 1 N–H and O–H groups in total. The Morgan fingerprint density at radius 2 is 1.88 bits per heavy atom. The van der Waals surface area contributed by atoms with Crippen molar-refractivity contribution in [3.63, 3.8) is 0 Å². The number of likely N-dealkylation sites (N-methyl/N-ethyl adjacent to an activating group) is 1. The Kier molecular flexibility index (Phi) is 5.15. The number of benzene rings is 1. The Balaban J connectivity index is 2.14. The molecule has 1 unspecified atom stereocenters. The molecule has 1 aromatic carbocycles. The topological polar surface area (TPSA) is 76.6 Å². The fourth-order valence-electron chi connectivity index (χ4n) is 2.91. The molecule has 0 saturated heterocycles. The van der Waals surface area contributed by atoms with E-state index < -0.39 is 5.69 Å². The van der Waals surface area contributed by atoms with Crippen LogP contribution in [-0.2, 0) is 6.54 Å². The van der Waals surface area contributed by atoms with Crippen LogP contribution in [-0.4, -0.2) is 42.8 Å². The van der Waals surface area contributed by atoms with Crippen molar-refractivity contribution in [2.45, 2.75) is 12.6 Å². The molecule has 0 fully saturated rings. The minimum atomic E-state index is -0.446. The van der Waals surface area contributed by atoms with Crippen molar-refractivity contribution in [2.24, 2.45) is 0 Å². The van der Waals surface area contributed by atoms with Gasteiger partial charge in [-0.05, 0) is 31.6 Å². The highest BCUT2D eigenvalue weighted by atomic mass is 32.1. The summed E-state index contributed by atoms with van der Waals surface area (Å²) in [7, 11) is 6.87. The van der Waals surface area contributed by atoms with Gasteiger partial charge in [0, 0.05) is 10.9 Å². The van der Waals surface area contributed by atoms with Crippen LogP contribution in [0.2, 0.25) is 0 Å². The number of methoxy groups -OCH3 is 2. The molecule has 8 heteroatoms. The summed E-state index contributed by atoms with van der Waals surface area (Å²) in [5.41, 5.74) is -0.377. The number of rotatable bonds is 6. The second-order valence-corrected chi connectivity index (χ2v) is 7.07. The first-order valence-corrected chi connectivity index (χ1v) is 8.93. The summed E-state index contributed by atoms with van der Waals surface area (Å²) in [5, 5.41) is 2.36. The Morgan fingerprint density at radius 1 is 1.19 bits per heavy atom. The van der Waals surface area contributed by atoms with E-state index in [0.717, 1.165) is 4.88 Å². The molecular formula is C18H21N3O4S. The third-order valence-corrected chi connectivity index (χ3v) is 5.31. The van der Waals surface area contributed by atoms with Crippen molar-refractivity contribution in [3.8, 4) is 11.5 Å². The predicted molar refractivity (Wildman–Crippen MR) is 103 cm³/mol. The van der Waals surface area contributed by atoms with Crippen LogP contribution in [0.5, 0.6) is 11.5 Å². The lowest BCUT2D eigenvalue weighted by molar-refractivity contribution is 0.268. The Morgan fingerprint density at radius 3 is 2.46 bits per heavy atom. The lowest BCUT2D eigenvalue weighted by Crippen LogP contribution is -2.39. The highest BCUT2D eigenvalue weighted by Gasteiger charge is 2.20. The van der Waals surface area contributed by atoms with Crippen LogP contribution < -0.4 is 20.7 Å². The minimum absolute atomic E-state index is 0.0774. The van der Waals surface area contributed by atoms with E-state index in [2.05, 4.69) is 4.98 Å². The molecule has 0 radical (unpaired) electrons. The monoisotopic (exact) mass is 375 g/mol. The zero-order chi connectivity index (χ0) is 18.8. The number of aromatic amines is 1. The number of thiophene rings is 1. The molecule has 26 heavy (non-hydrogen) atoms. The molecule has 138 valence electrons. The first kappa shape index (κ1) is 18.2. The zero-order valence-corrected chi connectivity index (χ0v) is 15.9. The number of fused-ring (bicyclic) bond motifs is 1. The summed E-state index contributed by atoms with van der Waals surface area (Å²) < 4.78 is 11.7. The summed E-state index contributed by atoms with van der Waals surface area (Å²) in [4.78, 5) is 31.4. The van der Waals surface area contributed by atoms with E-state index in [4.69, 9.17) is 9.47 Å². The van der Waals surface area contributed by atoms with Crippen molar-refractivity contribution in [1.29, 1.82) is 0 Å². The predicted octanol–water partition coefficient (Wildman–Crippen LogP) is 2.07. The number of nitrogens with one attached hydrogen (secondary N) is 1. The van der Waals surface area contributed by atoms with E-state index in [9.17, 15) is 9.59 Å².